The molecule has 3 aromatic rings. The van der Waals surface area contributed by atoms with E-state index in [0.717, 1.165) is 18.2 Å². The van der Waals surface area contributed by atoms with Gasteiger partial charge in [0, 0.05) is 28.8 Å². The molecule has 0 aliphatic rings. The topological polar surface area (TPSA) is 106 Å². The first-order chi connectivity index (χ1) is 12.4. The van der Waals surface area contributed by atoms with Crippen LogP contribution in [0.2, 0.25) is 0 Å². The molecule has 0 aliphatic carbocycles. The van der Waals surface area contributed by atoms with Gasteiger partial charge in [-0.2, -0.15) is 5.26 Å². The summed E-state index contributed by atoms with van der Waals surface area (Å²) in [5.41, 5.74) is 6.34. The second-order valence-electron chi connectivity index (χ2n) is 5.36. The fourth-order valence-corrected chi connectivity index (χ4v) is 2.50. The van der Waals surface area contributed by atoms with Crippen LogP contribution in [0.25, 0.3) is 22.4 Å². The van der Waals surface area contributed by atoms with Crippen molar-refractivity contribution in [2.24, 2.45) is 0 Å². The molecule has 0 atom stereocenters. The number of nitrogens with zero attached hydrogens (tertiary/aromatic N) is 3. The van der Waals surface area contributed by atoms with Gasteiger partial charge in [-0.05, 0) is 36.4 Å². The van der Waals surface area contributed by atoms with Crippen LogP contribution in [0.5, 0.6) is 0 Å². The Hall–Kier alpha value is -3.86. The van der Waals surface area contributed by atoms with Gasteiger partial charge in [0.15, 0.2) is 0 Å². The molecule has 2 N–H and O–H groups in total. The monoisotopic (exact) mass is 352 g/mol. The van der Waals surface area contributed by atoms with E-state index in [4.69, 9.17) is 5.73 Å². The predicted octanol–water partition coefficient (Wildman–Crippen LogP) is 4.06. The Morgan fingerprint density at radius 1 is 1.08 bits per heavy atom. The molecule has 0 saturated carbocycles. The minimum absolute atomic E-state index is 0.0832. The lowest BCUT2D eigenvalue weighted by Crippen LogP contribution is -2.01. The van der Waals surface area contributed by atoms with Crippen LogP contribution in [0, 0.1) is 33.1 Å². The summed E-state index contributed by atoms with van der Waals surface area (Å²) >= 11 is 0. The maximum Gasteiger partial charge on any atom is 0.269 e. The van der Waals surface area contributed by atoms with Crippen LogP contribution in [0.15, 0.2) is 48.5 Å². The lowest BCUT2D eigenvalue weighted by molar-refractivity contribution is -0.384. The molecule has 0 fully saturated rings. The Kier molecular flexibility index (Phi) is 4.29. The van der Waals surface area contributed by atoms with Crippen molar-refractivity contribution in [1.29, 1.82) is 5.26 Å². The van der Waals surface area contributed by atoms with Crippen LogP contribution >= 0.6 is 0 Å². The highest BCUT2D eigenvalue weighted by Crippen LogP contribution is 2.33. The van der Waals surface area contributed by atoms with E-state index in [2.05, 4.69) is 4.98 Å². The third kappa shape index (κ3) is 3.06. The summed E-state index contributed by atoms with van der Waals surface area (Å²) in [5, 5.41) is 20.1. The van der Waals surface area contributed by atoms with Crippen LogP contribution in [0.1, 0.15) is 5.56 Å². The number of anilines is 1. The Balaban J connectivity index is 2.21. The SMILES string of the molecule is N#Cc1c(-c2cc(F)ccc2F)cc(-c2ccc([N+](=O)[O-])cc2)nc1N. The van der Waals surface area contributed by atoms with Gasteiger partial charge in [0.25, 0.3) is 5.69 Å². The van der Waals surface area contributed by atoms with E-state index in [1.807, 2.05) is 6.07 Å². The molecule has 26 heavy (non-hydrogen) atoms. The molecule has 0 spiro atoms. The first-order valence-electron chi connectivity index (χ1n) is 7.31. The second kappa shape index (κ2) is 6.57. The first-order valence-corrected chi connectivity index (χ1v) is 7.31. The van der Waals surface area contributed by atoms with Crippen molar-refractivity contribution in [2.45, 2.75) is 0 Å². The number of rotatable bonds is 3. The number of nitrogens with two attached hydrogens (primary N) is 1. The van der Waals surface area contributed by atoms with Crippen LogP contribution in [0.4, 0.5) is 20.3 Å². The van der Waals surface area contributed by atoms with E-state index in [1.54, 1.807) is 0 Å². The number of nitriles is 1. The van der Waals surface area contributed by atoms with Crippen molar-refractivity contribution >= 4 is 11.5 Å². The second-order valence-corrected chi connectivity index (χ2v) is 5.36. The molecule has 0 bridgehead atoms. The molecule has 2 aromatic carbocycles. The van der Waals surface area contributed by atoms with Crippen molar-refractivity contribution < 1.29 is 13.7 Å². The zero-order valence-electron chi connectivity index (χ0n) is 13.1. The molecule has 1 aromatic heterocycles. The van der Waals surface area contributed by atoms with Gasteiger partial charge in [0.2, 0.25) is 0 Å². The Morgan fingerprint density at radius 2 is 1.77 bits per heavy atom. The van der Waals surface area contributed by atoms with E-state index in [-0.39, 0.29) is 33.9 Å². The highest BCUT2D eigenvalue weighted by molar-refractivity contribution is 5.80. The summed E-state index contributed by atoms with van der Waals surface area (Å²) < 4.78 is 27.7. The quantitative estimate of drug-likeness (QED) is 0.565. The zero-order chi connectivity index (χ0) is 18.8. The molecule has 1 heterocycles. The average molecular weight is 352 g/mol. The van der Waals surface area contributed by atoms with Gasteiger partial charge >= 0.3 is 0 Å². The van der Waals surface area contributed by atoms with Gasteiger partial charge in [-0.15, -0.1) is 0 Å². The molecule has 3 rings (SSSR count). The average Bonchev–Trinajstić information content (AvgIpc) is 2.63. The number of pyridine rings is 1. The summed E-state index contributed by atoms with van der Waals surface area (Å²) in [4.78, 5) is 14.3. The van der Waals surface area contributed by atoms with Gasteiger partial charge in [0.05, 0.1) is 10.6 Å². The Labute approximate surface area is 146 Å². The molecule has 0 aliphatic heterocycles. The fourth-order valence-electron chi connectivity index (χ4n) is 2.50. The van der Waals surface area contributed by atoms with E-state index < -0.39 is 16.6 Å². The molecular formula is C18H10F2N4O2. The molecule has 0 saturated heterocycles. The number of benzene rings is 2. The van der Waals surface area contributed by atoms with Gasteiger partial charge in [-0.3, -0.25) is 10.1 Å². The Morgan fingerprint density at radius 3 is 2.38 bits per heavy atom. The lowest BCUT2D eigenvalue weighted by Gasteiger charge is -2.11. The third-order valence-corrected chi connectivity index (χ3v) is 3.75. The van der Waals surface area contributed by atoms with Crippen molar-refractivity contribution in [3.8, 4) is 28.5 Å². The Bertz CT molecular complexity index is 1060. The van der Waals surface area contributed by atoms with Crippen LogP contribution in [-0.2, 0) is 0 Å². The van der Waals surface area contributed by atoms with E-state index in [0.29, 0.717) is 5.56 Å². The predicted molar refractivity (Wildman–Crippen MR) is 90.8 cm³/mol. The van der Waals surface area contributed by atoms with E-state index in [9.17, 15) is 24.2 Å². The fraction of sp³-hybridized carbons (Fsp3) is 0. The van der Waals surface area contributed by atoms with E-state index in [1.165, 1.54) is 30.3 Å². The van der Waals surface area contributed by atoms with Crippen molar-refractivity contribution in [3.05, 3.63) is 75.8 Å². The summed E-state index contributed by atoms with van der Waals surface area (Å²) in [6.45, 7) is 0. The lowest BCUT2D eigenvalue weighted by atomic mass is 9.98. The standard InChI is InChI=1S/C18H10F2N4O2/c19-11-3-6-16(20)14(7-11)13-8-17(23-18(22)15(13)9-21)10-1-4-12(5-2-10)24(25)26/h1-8H,(H2,22,23). The van der Waals surface area contributed by atoms with Gasteiger partial charge in [-0.25, -0.2) is 13.8 Å². The zero-order valence-corrected chi connectivity index (χ0v) is 13.1. The molecule has 0 radical (unpaired) electrons. The number of nitro groups is 1. The van der Waals surface area contributed by atoms with Gasteiger partial charge in [-0.1, -0.05) is 0 Å². The number of nitro benzene ring substituents is 1. The van der Waals surface area contributed by atoms with Crippen molar-refractivity contribution in [2.75, 3.05) is 5.73 Å². The normalized spacial score (nSPS) is 10.3. The number of halogens is 2. The maximum atomic E-state index is 14.2. The molecule has 6 nitrogen and oxygen atoms in total. The smallest absolute Gasteiger partial charge is 0.269 e. The highest BCUT2D eigenvalue weighted by atomic mass is 19.1. The number of aromatic nitrogens is 1. The molecule has 0 unspecified atom stereocenters. The van der Waals surface area contributed by atoms with Gasteiger partial charge in [0.1, 0.15) is 29.1 Å². The van der Waals surface area contributed by atoms with E-state index >= 15 is 0 Å². The minimum atomic E-state index is -0.719. The first kappa shape index (κ1) is 17.0. The highest BCUT2D eigenvalue weighted by Gasteiger charge is 2.17. The summed E-state index contributed by atoms with van der Waals surface area (Å²) in [6.07, 6.45) is 0. The van der Waals surface area contributed by atoms with Crippen LogP contribution in [0.3, 0.4) is 0 Å². The third-order valence-electron chi connectivity index (χ3n) is 3.75. The maximum absolute atomic E-state index is 14.2. The van der Waals surface area contributed by atoms with Crippen LogP contribution < -0.4 is 5.73 Å². The van der Waals surface area contributed by atoms with Crippen LogP contribution in [-0.4, -0.2) is 9.91 Å². The molecular weight excluding hydrogens is 342 g/mol. The molecule has 8 heteroatoms. The number of hydrogen-bond donors (Lipinski definition) is 1. The molecule has 0 amide bonds. The number of nitrogen functional groups attached to an aromatic ring is 1. The van der Waals surface area contributed by atoms with Gasteiger partial charge < -0.3 is 5.73 Å². The summed E-state index contributed by atoms with van der Waals surface area (Å²) in [5.74, 6) is -1.54. The number of non-ortho nitro benzene ring substituents is 1. The minimum Gasteiger partial charge on any atom is -0.383 e. The number of hydrogen-bond acceptors (Lipinski definition) is 5. The molecule has 128 valence electrons. The largest absolute Gasteiger partial charge is 0.383 e. The summed E-state index contributed by atoms with van der Waals surface area (Å²) in [7, 11) is 0. The van der Waals surface area contributed by atoms with Crippen molar-refractivity contribution in [3.63, 3.8) is 0 Å². The summed E-state index contributed by atoms with van der Waals surface area (Å²) in [6, 6.07) is 11.6. The van der Waals surface area contributed by atoms with Crippen molar-refractivity contribution in [1.82, 2.24) is 4.98 Å².